The molecule has 0 bridgehead atoms. The number of pyridine rings is 6. The van der Waals surface area contributed by atoms with Crippen LogP contribution in [0.5, 0.6) is 0 Å². The molecule has 0 radical (unpaired) electrons. The van der Waals surface area contributed by atoms with Gasteiger partial charge in [-0.15, -0.1) is 0 Å². The maximum atomic E-state index is 9.87. The van der Waals surface area contributed by atoms with Gasteiger partial charge >= 0.3 is 85.5 Å². The Balaban J connectivity index is 0.000000251. The van der Waals surface area contributed by atoms with Crippen LogP contribution in [0.4, 0.5) is 56.1 Å². The molecule has 7 aromatic rings. The second-order valence-electron chi connectivity index (χ2n) is 10.4. The first kappa shape index (κ1) is 47.2. The smallest absolute Gasteiger partial charge is 0.255 e. The summed E-state index contributed by atoms with van der Waals surface area (Å²) in [4.78, 5) is 29.6. The van der Waals surface area contributed by atoms with Gasteiger partial charge in [0.05, 0.1) is 44.7 Å². The molecule has 0 aliphatic rings. The molecule has 0 spiro atoms. The summed E-state index contributed by atoms with van der Waals surface area (Å²) in [7, 11) is -21.3. The predicted octanol–water partition coefficient (Wildman–Crippen LogP) is 14.6. The van der Waals surface area contributed by atoms with Crippen LogP contribution in [0.2, 0.25) is 0 Å². The first-order chi connectivity index (χ1) is 25.2. The van der Waals surface area contributed by atoms with E-state index in [-0.39, 0.29) is 19.5 Å². The van der Waals surface area contributed by atoms with Crippen LogP contribution in [0.1, 0.15) is 0 Å². The number of rotatable bonds is 3. The van der Waals surface area contributed by atoms with E-state index in [4.69, 9.17) is 0 Å². The average Bonchev–Trinajstić information content (AvgIpc) is 3.11. The fraction of sp³-hybridized carbons (Fsp3) is 0. The Morgan fingerprint density at radius 2 is 0.750 bits per heavy atom. The fourth-order valence-electron chi connectivity index (χ4n) is 3.96. The Kier molecular flexibility index (Phi) is 14.7. The van der Waals surface area contributed by atoms with Crippen molar-refractivity contribution in [3.05, 3.63) is 140 Å². The molecular formula is C33H23F12N7P2RuS. The number of nitrogens with zero attached hydrogens (tertiary/aromatic N) is 7. The summed E-state index contributed by atoms with van der Waals surface area (Å²) in [5.74, 6) is 0. The van der Waals surface area contributed by atoms with Crippen LogP contribution in [0, 0.1) is 0 Å². The van der Waals surface area contributed by atoms with E-state index < -0.39 is 15.6 Å². The minimum Gasteiger partial charge on any atom is -0.255 e. The Bertz CT molecular complexity index is 2170. The number of hydrogen-bond acceptors (Lipinski definition) is 8. The van der Waals surface area contributed by atoms with Crippen molar-refractivity contribution in [2.45, 2.75) is 0 Å². The molecule has 7 nitrogen and oxygen atoms in total. The maximum absolute atomic E-state index is 10.7. The second kappa shape index (κ2) is 17.5. The van der Waals surface area contributed by atoms with Crippen LogP contribution in [0.15, 0.2) is 145 Å². The van der Waals surface area contributed by atoms with Gasteiger partial charge in [-0.05, 0) is 85.0 Å². The zero-order chi connectivity index (χ0) is 40.9. The average molecular weight is 941 g/mol. The molecule has 56 heavy (non-hydrogen) atoms. The molecule has 23 heteroatoms. The van der Waals surface area contributed by atoms with Crippen molar-refractivity contribution in [3.8, 4) is 22.8 Å². The molecule has 0 unspecified atom stereocenters. The van der Waals surface area contributed by atoms with Crippen LogP contribution in [0.3, 0.4) is 0 Å². The fourth-order valence-corrected chi connectivity index (χ4v) is 4.05. The molecule has 6 heterocycles. The van der Waals surface area contributed by atoms with Crippen LogP contribution >= 0.6 is 27.8 Å². The Labute approximate surface area is 327 Å². The van der Waals surface area contributed by atoms with Crippen molar-refractivity contribution in [3.63, 3.8) is 0 Å². The van der Waals surface area contributed by atoms with E-state index in [0.29, 0.717) is 0 Å². The number of thiocarbonyl (C=S) groups is 1. The standard InChI is InChI=1S/C13H7N3S.2C10H8N2.2F6P.Ru/c17-8-16-11-7-9-3-1-5-14-12(9)13-10(11)4-2-6-15-13;2*1-3-7-11-9(5-1)10-6-2-4-8-12-10;2*1-7(2,3,4,5)6;/h1-7H;2*1-8H;;;/q;;;2*-1;+2. The Morgan fingerprint density at radius 3 is 1.07 bits per heavy atom. The molecule has 0 aliphatic heterocycles. The largest absolute Gasteiger partial charge is 2.00 e. The van der Waals surface area contributed by atoms with Crippen molar-refractivity contribution in [2.75, 3.05) is 0 Å². The molecule has 0 N–H and O–H groups in total. The van der Waals surface area contributed by atoms with Gasteiger partial charge in [0.25, 0.3) is 0 Å². The van der Waals surface area contributed by atoms with Crippen LogP contribution < -0.4 is 0 Å². The molecule has 0 saturated heterocycles. The van der Waals surface area contributed by atoms with Gasteiger partial charge in [0.15, 0.2) is 0 Å². The van der Waals surface area contributed by atoms with Crippen molar-refractivity contribution in [2.24, 2.45) is 4.99 Å². The van der Waals surface area contributed by atoms with Crippen LogP contribution in [-0.4, -0.2) is 35.1 Å². The van der Waals surface area contributed by atoms with Gasteiger partial charge < -0.3 is 0 Å². The Hall–Kier alpha value is -4.92. The number of fused-ring (bicyclic) bond motifs is 3. The summed E-state index contributed by atoms with van der Waals surface area (Å²) < 4.78 is 118. The summed E-state index contributed by atoms with van der Waals surface area (Å²) in [6, 6.07) is 32.9. The van der Waals surface area contributed by atoms with E-state index in [1.165, 1.54) is 0 Å². The molecular weight excluding hydrogens is 917 g/mol. The van der Waals surface area contributed by atoms with Crippen LogP contribution in [-0.2, 0) is 19.5 Å². The summed E-state index contributed by atoms with van der Waals surface area (Å²) in [6.07, 6.45) is 10.6. The van der Waals surface area contributed by atoms with Gasteiger partial charge in [-0.2, -0.15) is 4.99 Å². The molecule has 1 aromatic carbocycles. The van der Waals surface area contributed by atoms with E-state index >= 15 is 0 Å². The third-order valence-electron chi connectivity index (χ3n) is 5.79. The van der Waals surface area contributed by atoms with Crippen molar-refractivity contribution < 1.29 is 69.8 Å². The van der Waals surface area contributed by atoms with E-state index in [2.05, 4.69) is 52.3 Å². The first-order valence-electron chi connectivity index (χ1n) is 14.7. The molecule has 298 valence electrons. The topological polar surface area (TPSA) is 89.7 Å². The number of hydrogen-bond donors (Lipinski definition) is 0. The summed E-state index contributed by atoms with van der Waals surface area (Å²) >= 11 is 4.67. The number of benzene rings is 1. The van der Waals surface area contributed by atoms with E-state index in [0.717, 1.165) is 50.3 Å². The normalized spacial score (nSPS) is 13.1. The number of aromatic nitrogens is 6. The van der Waals surface area contributed by atoms with E-state index in [1.54, 1.807) is 37.2 Å². The zero-order valence-electron chi connectivity index (χ0n) is 27.6. The third-order valence-corrected chi connectivity index (χ3v) is 5.88. The van der Waals surface area contributed by atoms with E-state index in [1.807, 2.05) is 103 Å². The zero-order valence-corrected chi connectivity index (χ0v) is 31.9. The van der Waals surface area contributed by atoms with Gasteiger partial charge in [-0.25, -0.2) is 0 Å². The van der Waals surface area contributed by atoms with Gasteiger partial charge in [-0.1, -0.05) is 30.3 Å². The SMILES string of the molecule is F[P-](F)(F)(F)(F)F.F[P-](F)(F)(F)(F)F.S=C=Nc1cc2cccnc2c2ncccc12.[Ru+2].c1ccc(-c2ccccn2)nc1.c1ccc(-c2ccccn2)nc1. The summed E-state index contributed by atoms with van der Waals surface area (Å²) in [5.41, 5.74) is 6.16. The molecule has 6 aromatic heterocycles. The maximum Gasteiger partial charge on any atom is 2.00 e. The minimum absolute atomic E-state index is 0. The van der Waals surface area contributed by atoms with Gasteiger partial charge in [0, 0.05) is 48.0 Å². The van der Waals surface area contributed by atoms with Crippen molar-refractivity contribution >= 4 is 60.5 Å². The van der Waals surface area contributed by atoms with Crippen molar-refractivity contribution in [1.82, 2.24) is 29.9 Å². The summed E-state index contributed by atoms with van der Waals surface area (Å²) in [5, 5.41) is 4.34. The van der Waals surface area contributed by atoms with Gasteiger partial charge in [0.1, 0.15) is 0 Å². The third kappa shape index (κ3) is 21.8. The molecule has 7 rings (SSSR count). The summed E-state index contributed by atoms with van der Waals surface area (Å²) in [6.45, 7) is 0. The number of halogens is 12. The first-order valence-corrected chi connectivity index (χ1v) is 19.2. The molecule has 0 fully saturated rings. The second-order valence-corrected chi connectivity index (χ2v) is 14.4. The van der Waals surface area contributed by atoms with Crippen LogP contribution in [0.25, 0.3) is 44.6 Å². The van der Waals surface area contributed by atoms with Crippen molar-refractivity contribution in [1.29, 1.82) is 0 Å². The Morgan fingerprint density at radius 1 is 0.429 bits per heavy atom. The quantitative estimate of drug-likeness (QED) is 0.0435. The molecule has 0 atom stereocenters. The number of isothiocyanates is 1. The van der Waals surface area contributed by atoms with E-state index in [9.17, 15) is 50.4 Å². The number of aliphatic imine (C=N–C) groups is 1. The van der Waals surface area contributed by atoms with Gasteiger partial charge in [0.2, 0.25) is 0 Å². The monoisotopic (exact) mass is 941 g/mol. The molecule has 0 saturated carbocycles. The molecule has 0 amide bonds. The molecule has 0 aliphatic carbocycles. The van der Waals surface area contributed by atoms with Gasteiger partial charge in [-0.3, -0.25) is 29.9 Å². The predicted molar refractivity (Wildman–Crippen MR) is 194 cm³/mol. The minimum atomic E-state index is -10.7.